The summed E-state index contributed by atoms with van der Waals surface area (Å²) in [5.41, 5.74) is 1.04. The van der Waals surface area contributed by atoms with Crippen LogP contribution in [0.1, 0.15) is 27.2 Å². The standard InChI is InChI=1S/C11H18O/c1-5-9-12-11(6-2)8-7-10(3)4/h6-8H,3,5,9H2,1-2,4H3/b8-7-,11-6+. The molecule has 0 aliphatic rings. The molecule has 0 saturated heterocycles. The van der Waals surface area contributed by atoms with E-state index in [1.807, 2.05) is 32.1 Å². The van der Waals surface area contributed by atoms with Crippen LogP contribution in [0.25, 0.3) is 0 Å². The summed E-state index contributed by atoms with van der Waals surface area (Å²) in [6.07, 6.45) is 6.89. The van der Waals surface area contributed by atoms with Crippen molar-refractivity contribution in [3.05, 3.63) is 36.1 Å². The van der Waals surface area contributed by atoms with Crippen LogP contribution in [0.5, 0.6) is 0 Å². The molecule has 0 unspecified atom stereocenters. The first-order chi connectivity index (χ1) is 5.70. The average molecular weight is 166 g/mol. The quantitative estimate of drug-likeness (QED) is 0.449. The van der Waals surface area contributed by atoms with E-state index in [-0.39, 0.29) is 0 Å². The fourth-order valence-electron chi connectivity index (χ4n) is 0.672. The van der Waals surface area contributed by atoms with Gasteiger partial charge in [-0.3, -0.25) is 0 Å². The lowest BCUT2D eigenvalue weighted by Crippen LogP contribution is -1.90. The van der Waals surface area contributed by atoms with Crippen molar-refractivity contribution < 1.29 is 4.74 Å². The van der Waals surface area contributed by atoms with Gasteiger partial charge >= 0.3 is 0 Å². The van der Waals surface area contributed by atoms with Crippen molar-refractivity contribution in [2.75, 3.05) is 6.61 Å². The summed E-state index contributed by atoms with van der Waals surface area (Å²) in [7, 11) is 0. The van der Waals surface area contributed by atoms with Crippen LogP contribution in [0.15, 0.2) is 36.1 Å². The van der Waals surface area contributed by atoms with Gasteiger partial charge in [0.25, 0.3) is 0 Å². The predicted octanol–water partition coefficient (Wildman–Crippen LogP) is 3.45. The minimum absolute atomic E-state index is 0.778. The highest BCUT2D eigenvalue weighted by molar-refractivity contribution is 5.20. The summed E-state index contributed by atoms with van der Waals surface area (Å²) >= 11 is 0. The van der Waals surface area contributed by atoms with Crippen molar-refractivity contribution in [3.8, 4) is 0 Å². The molecule has 0 atom stereocenters. The van der Waals surface area contributed by atoms with Crippen molar-refractivity contribution in [2.45, 2.75) is 27.2 Å². The van der Waals surface area contributed by atoms with Gasteiger partial charge < -0.3 is 4.74 Å². The minimum Gasteiger partial charge on any atom is -0.494 e. The fourth-order valence-corrected chi connectivity index (χ4v) is 0.672. The zero-order chi connectivity index (χ0) is 9.40. The lowest BCUT2D eigenvalue weighted by molar-refractivity contribution is 0.224. The van der Waals surface area contributed by atoms with E-state index in [2.05, 4.69) is 13.5 Å². The highest BCUT2D eigenvalue weighted by Crippen LogP contribution is 2.02. The van der Waals surface area contributed by atoms with Gasteiger partial charge in [-0.25, -0.2) is 0 Å². The van der Waals surface area contributed by atoms with E-state index in [0.29, 0.717) is 0 Å². The van der Waals surface area contributed by atoms with Crippen molar-refractivity contribution in [1.29, 1.82) is 0 Å². The number of hydrogen-bond donors (Lipinski definition) is 0. The SMILES string of the molecule is C=C(C)/C=C\C(=C/C)OCCC. The van der Waals surface area contributed by atoms with E-state index in [4.69, 9.17) is 4.74 Å². The van der Waals surface area contributed by atoms with Gasteiger partial charge in [0, 0.05) is 0 Å². The summed E-state index contributed by atoms with van der Waals surface area (Å²) in [6.45, 7) is 10.6. The van der Waals surface area contributed by atoms with E-state index >= 15 is 0 Å². The monoisotopic (exact) mass is 166 g/mol. The Morgan fingerprint density at radius 2 is 2.08 bits per heavy atom. The molecule has 68 valence electrons. The Balaban J connectivity index is 3.92. The molecule has 0 aliphatic carbocycles. The van der Waals surface area contributed by atoms with Gasteiger partial charge in [0.2, 0.25) is 0 Å². The van der Waals surface area contributed by atoms with Gasteiger partial charge in [0.1, 0.15) is 5.76 Å². The molecule has 0 saturated carbocycles. The van der Waals surface area contributed by atoms with Crippen LogP contribution >= 0.6 is 0 Å². The number of ether oxygens (including phenoxy) is 1. The van der Waals surface area contributed by atoms with Crippen molar-refractivity contribution in [1.82, 2.24) is 0 Å². The molecule has 0 aromatic heterocycles. The predicted molar refractivity (Wildman–Crippen MR) is 54.0 cm³/mol. The largest absolute Gasteiger partial charge is 0.494 e. The van der Waals surface area contributed by atoms with Crippen LogP contribution in [-0.4, -0.2) is 6.61 Å². The summed E-state index contributed by atoms with van der Waals surface area (Å²) in [6, 6.07) is 0. The topological polar surface area (TPSA) is 9.23 Å². The molecule has 1 nitrogen and oxygen atoms in total. The lowest BCUT2D eigenvalue weighted by atomic mass is 10.3. The smallest absolute Gasteiger partial charge is 0.115 e. The second-order valence-corrected chi connectivity index (χ2v) is 2.72. The molecule has 0 fully saturated rings. The molecule has 0 N–H and O–H groups in total. The van der Waals surface area contributed by atoms with Gasteiger partial charge in [-0.2, -0.15) is 0 Å². The first-order valence-electron chi connectivity index (χ1n) is 4.33. The minimum atomic E-state index is 0.778. The van der Waals surface area contributed by atoms with Crippen LogP contribution in [0.3, 0.4) is 0 Å². The van der Waals surface area contributed by atoms with Gasteiger partial charge in [-0.15, -0.1) is 0 Å². The summed E-state index contributed by atoms with van der Waals surface area (Å²) in [5.74, 6) is 0.917. The van der Waals surface area contributed by atoms with Crippen molar-refractivity contribution in [2.24, 2.45) is 0 Å². The molecular weight excluding hydrogens is 148 g/mol. The maximum atomic E-state index is 5.42. The Morgan fingerprint density at radius 1 is 1.42 bits per heavy atom. The average Bonchev–Trinajstić information content (AvgIpc) is 2.05. The molecule has 12 heavy (non-hydrogen) atoms. The Bertz CT molecular complexity index is 187. The van der Waals surface area contributed by atoms with Crippen LogP contribution in [0, 0.1) is 0 Å². The summed E-state index contributed by atoms with van der Waals surface area (Å²) < 4.78 is 5.42. The second kappa shape index (κ2) is 6.71. The van der Waals surface area contributed by atoms with Gasteiger partial charge in [-0.1, -0.05) is 25.2 Å². The third kappa shape index (κ3) is 5.78. The van der Waals surface area contributed by atoms with E-state index in [1.54, 1.807) is 0 Å². The van der Waals surface area contributed by atoms with Crippen LogP contribution in [0.4, 0.5) is 0 Å². The number of hydrogen-bond acceptors (Lipinski definition) is 1. The molecule has 0 aromatic carbocycles. The molecule has 1 heteroatoms. The molecule has 0 aliphatic heterocycles. The van der Waals surface area contributed by atoms with Gasteiger partial charge in [-0.05, 0) is 32.4 Å². The lowest BCUT2D eigenvalue weighted by Gasteiger charge is -2.03. The fraction of sp³-hybridized carbons (Fsp3) is 0.455. The van der Waals surface area contributed by atoms with Gasteiger partial charge in [0.05, 0.1) is 6.61 Å². The Labute approximate surface area is 75.4 Å². The van der Waals surface area contributed by atoms with Crippen LogP contribution in [-0.2, 0) is 4.74 Å². The third-order valence-electron chi connectivity index (χ3n) is 1.29. The molecule has 0 spiro atoms. The number of allylic oxidation sites excluding steroid dienone is 4. The maximum Gasteiger partial charge on any atom is 0.115 e. The third-order valence-corrected chi connectivity index (χ3v) is 1.29. The second-order valence-electron chi connectivity index (χ2n) is 2.72. The molecule has 0 heterocycles. The summed E-state index contributed by atoms with van der Waals surface area (Å²) in [4.78, 5) is 0. The normalized spacial score (nSPS) is 12.1. The highest BCUT2D eigenvalue weighted by Gasteiger charge is 1.88. The molecule has 0 bridgehead atoms. The highest BCUT2D eigenvalue weighted by atomic mass is 16.5. The molecular formula is C11H18O. The maximum absolute atomic E-state index is 5.42. The first kappa shape index (κ1) is 11.0. The molecule has 0 aromatic rings. The van der Waals surface area contributed by atoms with Gasteiger partial charge in [0.15, 0.2) is 0 Å². The molecule has 0 radical (unpaired) electrons. The van der Waals surface area contributed by atoms with E-state index in [1.165, 1.54) is 0 Å². The van der Waals surface area contributed by atoms with Crippen molar-refractivity contribution >= 4 is 0 Å². The van der Waals surface area contributed by atoms with E-state index in [9.17, 15) is 0 Å². The summed E-state index contributed by atoms with van der Waals surface area (Å²) in [5, 5.41) is 0. The Hall–Kier alpha value is -0.980. The number of rotatable bonds is 5. The first-order valence-corrected chi connectivity index (χ1v) is 4.33. The zero-order valence-electron chi connectivity index (χ0n) is 8.26. The van der Waals surface area contributed by atoms with E-state index in [0.717, 1.165) is 24.4 Å². The molecule has 0 rings (SSSR count). The van der Waals surface area contributed by atoms with Crippen LogP contribution < -0.4 is 0 Å². The molecule has 0 amide bonds. The van der Waals surface area contributed by atoms with E-state index < -0.39 is 0 Å². The Kier molecular flexibility index (Phi) is 6.16. The van der Waals surface area contributed by atoms with Crippen molar-refractivity contribution in [3.63, 3.8) is 0 Å². The van der Waals surface area contributed by atoms with Crippen LogP contribution in [0.2, 0.25) is 0 Å². The Morgan fingerprint density at radius 3 is 2.50 bits per heavy atom. The zero-order valence-corrected chi connectivity index (χ0v) is 8.26.